The Kier molecular flexibility index (Phi) is 6.77. The quantitative estimate of drug-likeness (QED) is 0.513. The molecule has 0 aromatic carbocycles. The maximum Gasteiger partial charge on any atom is 0.309 e. The molecule has 0 aromatic heterocycles. The largest absolute Gasteiger partial charge is 0.392 e. The van der Waals surface area contributed by atoms with Crippen LogP contribution in [-0.4, -0.2) is 29.9 Å². The van der Waals surface area contributed by atoms with Crippen LogP contribution in [0.25, 0.3) is 0 Å². The lowest BCUT2D eigenvalue weighted by atomic mass is 9.81. The number of amides is 2. The van der Waals surface area contributed by atoms with Gasteiger partial charge < -0.3 is 16.4 Å². The minimum atomic E-state index is -0.676. The number of nitrogens with two attached hydrogens (primary N) is 1. The second-order valence-corrected chi connectivity index (χ2v) is 5.84. The summed E-state index contributed by atoms with van der Waals surface area (Å²) in [6, 6.07) is 0. The third-order valence-electron chi connectivity index (χ3n) is 3.60. The smallest absolute Gasteiger partial charge is 0.309 e. The molecule has 0 heterocycles. The molecular weight excluding hydrogens is 262 g/mol. The zero-order valence-corrected chi connectivity index (χ0v) is 12.2. The van der Waals surface area contributed by atoms with Crippen molar-refractivity contribution in [2.45, 2.75) is 39.0 Å². The van der Waals surface area contributed by atoms with Gasteiger partial charge in [0.2, 0.25) is 0 Å². The van der Waals surface area contributed by atoms with Gasteiger partial charge >= 0.3 is 11.8 Å². The monoisotopic (exact) mass is 285 g/mol. The Labute approximate surface area is 119 Å². The first kappa shape index (κ1) is 15.9. The van der Waals surface area contributed by atoms with Crippen LogP contribution in [0.1, 0.15) is 39.0 Å². The molecule has 0 saturated heterocycles. The van der Waals surface area contributed by atoms with Gasteiger partial charge in [-0.05, 0) is 18.3 Å². The summed E-state index contributed by atoms with van der Waals surface area (Å²) in [6.45, 7) is 2.89. The number of carbonyl (C=O) groups is 2. The summed E-state index contributed by atoms with van der Waals surface area (Å²) in [5.74, 6) is 0.221. The highest BCUT2D eigenvalue weighted by Crippen LogP contribution is 2.29. The number of nitrogens with one attached hydrogen (secondary N) is 2. The Bertz CT molecular complexity index is 339. The van der Waals surface area contributed by atoms with Crippen LogP contribution >= 0.6 is 12.2 Å². The molecule has 5 nitrogen and oxygen atoms in total. The van der Waals surface area contributed by atoms with Crippen LogP contribution in [0.2, 0.25) is 0 Å². The molecule has 108 valence electrons. The van der Waals surface area contributed by atoms with E-state index in [4.69, 9.17) is 5.73 Å². The second kappa shape index (κ2) is 8.09. The van der Waals surface area contributed by atoms with Crippen LogP contribution in [0.3, 0.4) is 0 Å². The predicted octanol–water partition coefficient (Wildman–Crippen LogP) is 0.721. The number of hydrogen-bond donors (Lipinski definition) is 3. The molecule has 0 spiro atoms. The van der Waals surface area contributed by atoms with E-state index >= 15 is 0 Å². The molecule has 2 amide bonds. The maximum atomic E-state index is 11.4. The number of carbonyl (C=O) groups excluding carboxylic acids is 2. The van der Waals surface area contributed by atoms with E-state index < -0.39 is 11.8 Å². The minimum Gasteiger partial charge on any atom is -0.392 e. The summed E-state index contributed by atoms with van der Waals surface area (Å²) in [6.07, 6.45) is 5.94. The highest BCUT2D eigenvalue weighted by Gasteiger charge is 2.19. The average Bonchev–Trinajstić information content (AvgIpc) is 2.38. The summed E-state index contributed by atoms with van der Waals surface area (Å²) in [7, 11) is 0. The van der Waals surface area contributed by atoms with Gasteiger partial charge in [-0.2, -0.15) is 0 Å². The van der Waals surface area contributed by atoms with Crippen LogP contribution in [0.5, 0.6) is 0 Å². The van der Waals surface area contributed by atoms with Gasteiger partial charge in [-0.1, -0.05) is 44.8 Å². The SMILES string of the molecule is CC1CCC(CCNC(=O)C(=O)NCC(N)=S)CC1. The first-order chi connectivity index (χ1) is 8.99. The number of hydrogen-bond acceptors (Lipinski definition) is 3. The zero-order valence-electron chi connectivity index (χ0n) is 11.4. The minimum absolute atomic E-state index is 0.0576. The van der Waals surface area contributed by atoms with Crippen molar-refractivity contribution in [1.82, 2.24) is 10.6 Å². The zero-order chi connectivity index (χ0) is 14.3. The lowest BCUT2D eigenvalue weighted by Crippen LogP contribution is -2.43. The van der Waals surface area contributed by atoms with E-state index in [0.29, 0.717) is 12.5 Å². The molecule has 6 heteroatoms. The van der Waals surface area contributed by atoms with Crippen LogP contribution < -0.4 is 16.4 Å². The van der Waals surface area contributed by atoms with Crippen molar-refractivity contribution >= 4 is 29.0 Å². The molecule has 0 atom stereocenters. The van der Waals surface area contributed by atoms with Gasteiger partial charge in [-0.3, -0.25) is 9.59 Å². The Hall–Kier alpha value is -1.17. The van der Waals surface area contributed by atoms with Gasteiger partial charge in [-0.25, -0.2) is 0 Å². The van der Waals surface area contributed by atoms with E-state index in [9.17, 15) is 9.59 Å². The molecule has 19 heavy (non-hydrogen) atoms. The van der Waals surface area contributed by atoms with Gasteiger partial charge in [0.1, 0.15) is 0 Å². The highest BCUT2D eigenvalue weighted by molar-refractivity contribution is 7.80. The molecule has 1 saturated carbocycles. The lowest BCUT2D eigenvalue weighted by Gasteiger charge is -2.26. The van der Waals surface area contributed by atoms with Gasteiger partial charge in [0.15, 0.2) is 0 Å². The lowest BCUT2D eigenvalue weighted by molar-refractivity contribution is -0.139. The van der Waals surface area contributed by atoms with Crippen molar-refractivity contribution in [3.63, 3.8) is 0 Å². The third kappa shape index (κ3) is 6.52. The van der Waals surface area contributed by atoms with Crippen LogP contribution in [0.15, 0.2) is 0 Å². The molecule has 0 bridgehead atoms. The summed E-state index contributed by atoms with van der Waals surface area (Å²) in [5.41, 5.74) is 5.23. The van der Waals surface area contributed by atoms with Gasteiger partial charge in [0.25, 0.3) is 0 Å². The number of rotatable bonds is 5. The van der Waals surface area contributed by atoms with Crippen molar-refractivity contribution in [2.75, 3.05) is 13.1 Å². The van der Waals surface area contributed by atoms with Gasteiger partial charge in [-0.15, -0.1) is 0 Å². The van der Waals surface area contributed by atoms with Crippen LogP contribution in [0.4, 0.5) is 0 Å². The molecule has 0 unspecified atom stereocenters. The van der Waals surface area contributed by atoms with Gasteiger partial charge in [0.05, 0.1) is 11.5 Å². The Morgan fingerprint density at radius 3 is 2.32 bits per heavy atom. The molecule has 0 aromatic rings. The first-order valence-electron chi connectivity index (χ1n) is 6.83. The highest BCUT2D eigenvalue weighted by atomic mass is 32.1. The molecule has 1 aliphatic rings. The van der Waals surface area contributed by atoms with E-state index in [0.717, 1.165) is 12.3 Å². The normalized spacial score (nSPS) is 22.6. The van der Waals surface area contributed by atoms with Crippen molar-refractivity contribution in [3.05, 3.63) is 0 Å². The summed E-state index contributed by atoms with van der Waals surface area (Å²) in [4.78, 5) is 22.9. The van der Waals surface area contributed by atoms with E-state index in [1.807, 2.05) is 0 Å². The summed E-state index contributed by atoms with van der Waals surface area (Å²) >= 11 is 4.61. The molecule has 1 aliphatic carbocycles. The van der Waals surface area contributed by atoms with Crippen molar-refractivity contribution in [2.24, 2.45) is 17.6 Å². The summed E-state index contributed by atoms with van der Waals surface area (Å²) in [5, 5.41) is 4.99. The number of thiocarbonyl (C=S) groups is 1. The fourth-order valence-electron chi connectivity index (χ4n) is 2.34. The topological polar surface area (TPSA) is 84.2 Å². The van der Waals surface area contributed by atoms with Gasteiger partial charge in [0, 0.05) is 6.54 Å². The van der Waals surface area contributed by atoms with Crippen molar-refractivity contribution < 1.29 is 9.59 Å². The standard InChI is InChI=1S/C13H23N3O2S/c1-9-2-4-10(5-3-9)6-7-15-12(17)13(18)16-8-11(14)19/h9-10H,2-8H2,1H3,(H2,14,19)(H,15,17)(H,16,18). The molecule has 0 aliphatic heterocycles. The third-order valence-corrected chi connectivity index (χ3v) is 3.75. The Morgan fingerprint density at radius 1 is 1.16 bits per heavy atom. The predicted molar refractivity (Wildman–Crippen MR) is 78.5 cm³/mol. The van der Waals surface area contributed by atoms with Crippen molar-refractivity contribution in [3.8, 4) is 0 Å². The van der Waals surface area contributed by atoms with E-state index in [2.05, 4.69) is 29.8 Å². The van der Waals surface area contributed by atoms with E-state index in [1.54, 1.807) is 0 Å². The Balaban J connectivity index is 2.13. The molecular formula is C13H23N3O2S. The molecule has 4 N–H and O–H groups in total. The molecule has 1 fully saturated rings. The first-order valence-corrected chi connectivity index (χ1v) is 7.24. The fourth-order valence-corrected chi connectivity index (χ4v) is 2.41. The average molecular weight is 285 g/mol. The van der Waals surface area contributed by atoms with Crippen LogP contribution in [0, 0.1) is 11.8 Å². The molecule has 1 rings (SSSR count). The second-order valence-electron chi connectivity index (χ2n) is 5.32. The van der Waals surface area contributed by atoms with E-state index in [1.165, 1.54) is 25.7 Å². The Morgan fingerprint density at radius 2 is 1.74 bits per heavy atom. The molecule has 0 radical (unpaired) electrons. The van der Waals surface area contributed by atoms with Crippen molar-refractivity contribution in [1.29, 1.82) is 0 Å². The van der Waals surface area contributed by atoms with Crippen LogP contribution in [-0.2, 0) is 9.59 Å². The maximum absolute atomic E-state index is 11.4. The van der Waals surface area contributed by atoms with E-state index in [-0.39, 0.29) is 11.5 Å². The summed E-state index contributed by atoms with van der Waals surface area (Å²) < 4.78 is 0. The fraction of sp³-hybridized carbons (Fsp3) is 0.769.